The molecule has 5 rings (SSSR count). The molecule has 3 saturated heterocycles. The van der Waals surface area contributed by atoms with Gasteiger partial charge in [-0.2, -0.15) is 4.72 Å². The van der Waals surface area contributed by atoms with E-state index in [1.807, 2.05) is 47.2 Å². The largest absolute Gasteiger partial charge is 0.337 e. The SMILES string of the molecule is CN(C(=O)c1ccccc1)C1CCN(C[C@@H]2CCCN2C(=O)CN2CCC[C@H](NS(=O)(=O)C=Cc3ccc(Cl)s3)C2=O)C1. The lowest BCUT2D eigenvalue weighted by atomic mass is 10.1. The molecule has 3 atom stereocenters. The molecular formula is C30H38ClN5O5S2. The summed E-state index contributed by atoms with van der Waals surface area (Å²) in [4.78, 5) is 47.7. The molecule has 0 radical (unpaired) electrons. The van der Waals surface area contributed by atoms with Gasteiger partial charge in [-0.1, -0.05) is 29.8 Å². The lowest BCUT2D eigenvalue weighted by molar-refractivity contribution is -0.143. The van der Waals surface area contributed by atoms with E-state index in [2.05, 4.69) is 9.62 Å². The fourth-order valence-electron chi connectivity index (χ4n) is 6.17. The molecule has 4 heterocycles. The van der Waals surface area contributed by atoms with Gasteiger partial charge in [-0.3, -0.25) is 19.3 Å². The number of halogens is 1. The van der Waals surface area contributed by atoms with Crippen LogP contribution in [0.3, 0.4) is 0 Å². The van der Waals surface area contributed by atoms with Crippen molar-refractivity contribution in [3.63, 3.8) is 0 Å². The molecule has 0 bridgehead atoms. The van der Waals surface area contributed by atoms with Gasteiger partial charge in [0.05, 0.1) is 10.9 Å². The second-order valence-corrected chi connectivity index (χ2v) is 14.8. The summed E-state index contributed by atoms with van der Waals surface area (Å²) in [6.07, 6.45) is 5.10. The number of likely N-dealkylation sites (N-methyl/N-ethyl adjacent to an activating group) is 1. The van der Waals surface area contributed by atoms with E-state index in [0.717, 1.165) is 44.3 Å². The second kappa shape index (κ2) is 13.9. The van der Waals surface area contributed by atoms with E-state index in [4.69, 9.17) is 11.6 Å². The third-order valence-electron chi connectivity index (χ3n) is 8.47. The van der Waals surface area contributed by atoms with Crippen LogP contribution in [-0.4, -0.2) is 110 Å². The summed E-state index contributed by atoms with van der Waals surface area (Å²) in [6, 6.07) is 12.0. The molecule has 43 heavy (non-hydrogen) atoms. The highest BCUT2D eigenvalue weighted by Gasteiger charge is 2.37. The van der Waals surface area contributed by atoms with E-state index in [9.17, 15) is 22.8 Å². The third kappa shape index (κ3) is 8.04. The number of likely N-dealkylation sites (tertiary alicyclic amines) is 3. The summed E-state index contributed by atoms with van der Waals surface area (Å²) in [5.74, 6) is -0.471. The van der Waals surface area contributed by atoms with Crippen molar-refractivity contribution in [2.75, 3.05) is 46.3 Å². The Morgan fingerprint density at radius 3 is 2.58 bits per heavy atom. The molecule has 3 aliphatic rings. The van der Waals surface area contributed by atoms with Gasteiger partial charge >= 0.3 is 0 Å². The Morgan fingerprint density at radius 2 is 1.84 bits per heavy atom. The van der Waals surface area contributed by atoms with E-state index in [1.165, 1.54) is 22.3 Å². The minimum Gasteiger partial charge on any atom is -0.337 e. The van der Waals surface area contributed by atoms with Crippen LogP contribution in [0, 0.1) is 0 Å². The van der Waals surface area contributed by atoms with Crippen molar-refractivity contribution in [2.45, 2.75) is 50.2 Å². The summed E-state index contributed by atoms with van der Waals surface area (Å²) in [7, 11) is -2.01. The van der Waals surface area contributed by atoms with Crippen molar-refractivity contribution in [3.05, 3.63) is 62.6 Å². The number of hydrogen-bond acceptors (Lipinski definition) is 7. The van der Waals surface area contributed by atoms with E-state index in [1.54, 1.807) is 12.1 Å². The molecule has 1 aromatic heterocycles. The smallest absolute Gasteiger partial charge is 0.253 e. The van der Waals surface area contributed by atoms with Gasteiger partial charge in [-0.05, 0) is 62.4 Å². The van der Waals surface area contributed by atoms with Crippen LogP contribution in [-0.2, 0) is 19.6 Å². The average molecular weight is 648 g/mol. The zero-order chi connectivity index (χ0) is 30.6. The molecule has 13 heteroatoms. The molecule has 0 spiro atoms. The van der Waals surface area contributed by atoms with Crippen molar-refractivity contribution >= 4 is 56.8 Å². The number of carbonyl (C=O) groups excluding carboxylic acids is 3. The number of nitrogens with one attached hydrogen (secondary N) is 1. The molecule has 232 valence electrons. The van der Waals surface area contributed by atoms with E-state index in [0.29, 0.717) is 40.7 Å². The number of rotatable bonds is 10. The minimum absolute atomic E-state index is 0.0142. The van der Waals surface area contributed by atoms with Gasteiger partial charge < -0.3 is 14.7 Å². The highest BCUT2D eigenvalue weighted by atomic mass is 35.5. The van der Waals surface area contributed by atoms with E-state index >= 15 is 0 Å². The Labute approximate surface area is 262 Å². The quantitative estimate of drug-likeness (QED) is 0.425. The fourth-order valence-corrected chi connectivity index (χ4v) is 8.24. The normalized spacial score (nSPS) is 23.4. The van der Waals surface area contributed by atoms with Crippen LogP contribution < -0.4 is 4.72 Å². The van der Waals surface area contributed by atoms with Crippen LogP contribution in [0.2, 0.25) is 4.34 Å². The summed E-state index contributed by atoms with van der Waals surface area (Å²) in [5.41, 5.74) is 0.679. The number of thiophene rings is 1. The van der Waals surface area contributed by atoms with Gasteiger partial charge in [0.15, 0.2) is 0 Å². The number of sulfonamides is 1. The standard InChI is InChI=1S/C30H38ClN5O5S2/c1-33(29(38)22-7-3-2-4-8-22)23-13-17-34(19-23)20-24-9-5-16-36(24)28(37)21-35-15-6-10-26(30(35)39)32-43(40,41)18-14-25-11-12-27(31)42-25/h2-4,7-8,11-12,14,18,23-24,26,32H,5-6,9-10,13,15-17,19-21H2,1H3/t23?,24-,26-/m0/s1. The van der Waals surface area contributed by atoms with Crippen molar-refractivity contribution in [3.8, 4) is 0 Å². The zero-order valence-corrected chi connectivity index (χ0v) is 26.6. The first-order valence-corrected chi connectivity index (χ1v) is 17.4. The maximum absolute atomic E-state index is 13.4. The summed E-state index contributed by atoms with van der Waals surface area (Å²) < 4.78 is 28.3. The number of hydrogen-bond donors (Lipinski definition) is 1. The molecule has 1 aromatic carbocycles. The molecule has 1 unspecified atom stereocenters. The Kier molecular flexibility index (Phi) is 10.2. The maximum Gasteiger partial charge on any atom is 0.253 e. The second-order valence-electron chi connectivity index (χ2n) is 11.4. The first-order valence-electron chi connectivity index (χ1n) is 14.7. The maximum atomic E-state index is 13.4. The van der Waals surface area contributed by atoms with Crippen LogP contribution >= 0.6 is 22.9 Å². The summed E-state index contributed by atoms with van der Waals surface area (Å²) in [6.45, 7) is 3.34. The Bertz CT molecular complexity index is 1450. The fraction of sp³-hybridized carbons (Fsp3) is 0.500. The Morgan fingerprint density at radius 1 is 1.07 bits per heavy atom. The van der Waals surface area contributed by atoms with Crippen molar-refractivity contribution in [1.29, 1.82) is 0 Å². The molecule has 1 N–H and O–H groups in total. The Balaban J connectivity index is 1.12. The first kappa shape index (κ1) is 31.6. The van der Waals surface area contributed by atoms with Crippen LogP contribution in [0.25, 0.3) is 6.08 Å². The van der Waals surface area contributed by atoms with Crippen LogP contribution in [0.5, 0.6) is 0 Å². The molecule has 0 aliphatic carbocycles. The molecule has 3 amide bonds. The number of amides is 3. The van der Waals surface area contributed by atoms with Crippen LogP contribution in [0.1, 0.15) is 47.3 Å². The Hall–Kier alpha value is -2.77. The van der Waals surface area contributed by atoms with Crippen molar-refractivity contribution < 1.29 is 22.8 Å². The minimum atomic E-state index is -3.86. The lowest BCUT2D eigenvalue weighted by Crippen LogP contribution is -2.55. The van der Waals surface area contributed by atoms with Gasteiger partial charge in [0, 0.05) is 67.7 Å². The number of carbonyl (C=O) groups is 3. The number of nitrogens with zero attached hydrogens (tertiary/aromatic N) is 4. The summed E-state index contributed by atoms with van der Waals surface area (Å²) >= 11 is 7.17. The topological polar surface area (TPSA) is 110 Å². The predicted octanol–water partition coefficient (Wildman–Crippen LogP) is 3.12. The van der Waals surface area contributed by atoms with E-state index < -0.39 is 16.1 Å². The molecule has 3 aliphatic heterocycles. The van der Waals surface area contributed by atoms with Gasteiger partial charge in [-0.25, -0.2) is 8.42 Å². The van der Waals surface area contributed by atoms with Gasteiger partial charge in [0.1, 0.15) is 6.04 Å². The summed E-state index contributed by atoms with van der Waals surface area (Å²) in [5, 5.41) is 1.04. The predicted molar refractivity (Wildman–Crippen MR) is 168 cm³/mol. The highest BCUT2D eigenvalue weighted by molar-refractivity contribution is 7.92. The van der Waals surface area contributed by atoms with Crippen molar-refractivity contribution in [2.24, 2.45) is 0 Å². The van der Waals surface area contributed by atoms with Crippen LogP contribution in [0.4, 0.5) is 0 Å². The van der Waals surface area contributed by atoms with Gasteiger partial charge in [-0.15, -0.1) is 11.3 Å². The van der Waals surface area contributed by atoms with Gasteiger partial charge in [0.25, 0.3) is 5.91 Å². The molecule has 2 aromatic rings. The molecule has 10 nitrogen and oxygen atoms in total. The zero-order valence-electron chi connectivity index (χ0n) is 24.2. The van der Waals surface area contributed by atoms with Gasteiger partial charge in [0.2, 0.25) is 21.8 Å². The third-order valence-corrected chi connectivity index (χ3v) is 10.8. The lowest BCUT2D eigenvalue weighted by Gasteiger charge is -2.34. The van der Waals surface area contributed by atoms with Crippen molar-refractivity contribution in [1.82, 2.24) is 24.3 Å². The highest BCUT2D eigenvalue weighted by Crippen LogP contribution is 2.25. The molecule has 0 saturated carbocycles. The van der Waals surface area contributed by atoms with E-state index in [-0.39, 0.29) is 36.3 Å². The average Bonchev–Trinajstić information content (AvgIpc) is 3.75. The van der Waals surface area contributed by atoms with Crippen LogP contribution in [0.15, 0.2) is 47.9 Å². The number of benzene rings is 1. The molecule has 3 fully saturated rings. The first-order chi connectivity index (χ1) is 20.6. The molecular weight excluding hydrogens is 610 g/mol. The monoisotopic (exact) mass is 647 g/mol. The number of piperidine rings is 1.